The van der Waals surface area contributed by atoms with Gasteiger partial charge in [-0.2, -0.15) is 10.4 Å². The van der Waals surface area contributed by atoms with Crippen LogP contribution in [0.4, 0.5) is 5.82 Å². The minimum absolute atomic E-state index is 0.339. The van der Waals surface area contributed by atoms with E-state index >= 15 is 0 Å². The first kappa shape index (κ1) is 12.6. The zero-order valence-electron chi connectivity index (χ0n) is 11.4. The van der Waals surface area contributed by atoms with Gasteiger partial charge in [-0.15, -0.1) is 0 Å². The number of pyridine rings is 1. The molecule has 2 aromatic heterocycles. The fourth-order valence-corrected chi connectivity index (χ4v) is 2.58. The molecular weight excluding hydrogens is 252 g/mol. The second-order valence-electron chi connectivity index (χ2n) is 5.08. The van der Waals surface area contributed by atoms with E-state index in [2.05, 4.69) is 31.1 Å². The van der Waals surface area contributed by atoms with E-state index in [1.807, 2.05) is 19.1 Å². The van der Waals surface area contributed by atoms with Crippen LogP contribution in [0.2, 0.25) is 0 Å². The molecule has 1 atom stereocenters. The maximum atomic E-state index is 8.81. The number of aromatic nitrogens is 4. The molecule has 3 rings (SSSR count). The normalized spacial score (nSPS) is 18.8. The molecule has 1 unspecified atom stereocenters. The molecule has 102 valence electrons. The largest absolute Gasteiger partial charge is 0.356 e. The Labute approximate surface area is 117 Å². The Balaban J connectivity index is 1.76. The van der Waals surface area contributed by atoms with Crippen molar-refractivity contribution in [1.29, 1.82) is 5.26 Å². The van der Waals surface area contributed by atoms with Gasteiger partial charge in [-0.3, -0.25) is 5.10 Å². The second-order valence-corrected chi connectivity index (χ2v) is 5.08. The maximum Gasteiger partial charge on any atom is 0.155 e. The van der Waals surface area contributed by atoms with E-state index < -0.39 is 0 Å². The highest BCUT2D eigenvalue weighted by Gasteiger charge is 2.24. The van der Waals surface area contributed by atoms with Crippen molar-refractivity contribution in [1.82, 2.24) is 20.2 Å². The van der Waals surface area contributed by atoms with Gasteiger partial charge >= 0.3 is 0 Å². The van der Waals surface area contributed by atoms with Gasteiger partial charge in [0.1, 0.15) is 17.7 Å². The molecule has 0 bridgehead atoms. The molecule has 1 N–H and O–H groups in total. The number of aromatic amines is 1. The Hall–Kier alpha value is -2.42. The lowest BCUT2D eigenvalue weighted by Crippen LogP contribution is -2.35. The molecule has 0 aromatic carbocycles. The van der Waals surface area contributed by atoms with Crippen LogP contribution in [0.1, 0.15) is 36.0 Å². The van der Waals surface area contributed by atoms with Crippen LogP contribution >= 0.6 is 0 Å². The topological polar surface area (TPSA) is 81.5 Å². The molecule has 2 aromatic rings. The second kappa shape index (κ2) is 5.29. The van der Waals surface area contributed by atoms with E-state index in [1.165, 1.54) is 0 Å². The van der Waals surface area contributed by atoms with Gasteiger partial charge in [0.25, 0.3) is 0 Å². The van der Waals surface area contributed by atoms with Gasteiger partial charge in [0, 0.05) is 25.2 Å². The van der Waals surface area contributed by atoms with E-state index in [4.69, 9.17) is 5.26 Å². The van der Waals surface area contributed by atoms with Gasteiger partial charge in [-0.05, 0) is 31.9 Å². The molecule has 6 nitrogen and oxygen atoms in total. The Kier molecular flexibility index (Phi) is 3.33. The summed E-state index contributed by atoms with van der Waals surface area (Å²) in [7, 11) is 0. The molecule has 20 heavy (non-hydrogen) atoms. The van der Waals surface area contributed by atoms with Gasteiger partial charge < -0.3 is 4.90 Å². The minimum atomic E-state index is 0.339. The molecule has 0 aliphatic carbocycles. The van der Waals surface area contributed by atoms with E-state index in [1.54, 1.807) is 6.20 Å². The van der Waals surface area contributed by atoms with Crippen LogP contribution in [-0.4, -0.2) is 33.3 Å². The van der Waals surface area contributed by atoms with Gasteiger partial charge in [-0.25, -0.2) is 9.97 Å². The van der Waals surface area contributed by atoms with Crippen LogP contribution < -0.4 is 4.90 Å². The summed E-state index contributed by atoms with van der Waals surface area (Å²) < 4.78 is 0. The molecule has 0 amide bonds. The highest BCUT2D eigenvalue weighted by Crippen LogP contribution is 2.27. The lowest BCUT2D eigenvalue weighted by Gasteiger charge is -2.32. The lowest BCUT2D eigenvalue weighted by molar-refractivity contribution is 0.490. The van der Waals surface area contributed by atoms with Crippen LogP contribution in [0.25, 0.3) is 0 Å². The fourth-order valence-electron chi connectivity index (χ4n) is 2.58. The summed E-state index contributed by atoms with van der Waals surface area (Å²) >= 11 is 0. The minimum Gasteiger partial charge on any atom is -0.356 e. The van der Waals surface area contributed by atoms with Crippen molar-refractivity contribution in [2.75, 3.05) is 18.0 Å². The zero-order valence-corrected chi connectivity index (χ0v) is 11.4. The van der Waals surface area contributed by atoms with Crippen molar-refractivity contribution in [2.24, 2.45) is 0 Å². The third-order valence-corrected chi connectivity index (χ3v) is 3.60. The number of rotatable bonds is 2. The average molecular weight is 268 g/mol. The number of aryl methyl sites for hydroxylation is 1. The first-order valence-corrected chi connectivity index (χ1v) is 6.76. The van der Waals surface area contributed by atoms with Crippen LogP contribution in [0.3, 0.4) is 0 Å². The van der Waals surface area contributed by atoms with E-state index in [0.717, 1.165) is 43.4 Å². The number of nitrogens with one attached hydrogen (secondary N) is 1. The van der Waals surface area contributed by atoms with Gasteiger partial charge in [0.15, 0.2) is 5.82 Å². The molecule has 6 heteroatoms. The third-order valence-electron chi connectivity index (χ3n) is 3.60. The molecule has 3 heterocycles. The predicted molar refractivity (Wildman–Crippen MR) is 74.3 cm³/mol. The SMILES string of the molecule is Cc1nc(C2CCCN(c3ccc(C#N)cn3)C2)n[nH]1. The summed E-state index contributed by atoms with van der Waals surface area (Å²) in [5, 5.41) is 16.0. The Bertz CT molecular complexity index is 624. The Morgan fingerprint density at radius 2 is 2.35 bits per heavy atom. The first-order chi connectivity index (χ1) is 9.76. The monoisotopic (exact) mass is 268 g/mol. The Morgan fingerprint density at radius 1 is 1.45 bits per heavy atom. The number of anilines is 1. The zero-order chi connectivity index (χ0) is 13.9. The average Bonchev–Trinajstić information content (AvgIpc) is 2.94. The van der Waals surface area contributed by atoms with Crippen molar-refractivity contribution in [3.63, 3.8) is 0 Å². The van der Waals surface area contributed by atoms with Crippen molar-refractivity contribution in [3.8, 4) is 6.07 Å². The molecule has 1 aliphatic rings. The molecule has 1 saturated heterocycles. The van der Waals surface area contributed by atoms with Gasteiger partial charge in [0.05, 0.1) is 5.56 Å². The number of hydrogen-bond donors (Lipinski definition) is 1. The maximum absolute atomic E-state index is 8.81. The van der Waals surface area contributed by atoms with Gasteiger partial charge in [-0.1, -0.05) is 0 Å². The smallest absolute Gasteiger partial charge is 0.155 e. The summed E-state index contributed by atoms with van der Waals surface area (Å²) in [4.78, 5) is 11.0. The molecule has 1 aliphatic heterocycles. The van der Waals surface area contributed by atoms with E-state index in [-0.39, 0.29) is 0 Å². The molecular formula is C14H16N6. The Morgan fingerprint density at radius 3 is 3.00 bits per heavy atom. The fraction of sp³-hybridized carbons (Fsp3) is 0.429. The van der Waals surface area contributed by atoms with Crippen LogP contribution in [0.5, 0.6) is 0 Å². The quantitative estimate of drug-likeness (QED) is 0.897. The summed E-state index contributed by atoms with van der Waals surface area (Å²) in [6.07, 6.45) is 3.82. The molecule has 0 saturated carbocycles. The lowest BCUT2D eigenvalue weighted by atomic mass is 9.97. The number of nitrogens with zero attached hydrogens (tertiary/aromatic N) is 5. The summed E-state index contributed by atoms with van der Waals surface area (Å²) in [5.74, 6) is 3.00. The highest BCUT2D eigenvalue weighted by atomic mass is 15.2. The van der Waals surface area contributed by atoms with Crippen LogP contribution in [0, 0.1) is 18.3 Å². The molecule has 0 radical (unpaired) electrons. The molecule has 1 fully saturated rings. The number of piperidine rings is 1. The standard InChI is InChI=1S/C14H16N6/c1-10-17-14(19-18-10)12-3-2-6-20(9-12)13-5-4-11(7-15)8-16-13/h4-5,8,12H,2-3,6,9H2,1H3,(H,17,18,19). The first-order valence-electron chi connectivity index (χ1n) is 6.76. The van der Waals surface area contributed by atoms with Crippen LogP contribution in [0.15, 0.2) is 18.3 Å². The number of H-pyrrole nitrogens is 1. The highest BCUT2D eigenvalue weighted by molar-refractivity contribution is 5.42. The predicted octanol–water partition coefficient (Wildman–Crippen LogP) is 1.76. The summed E-state index contributed by atoms with van der Waals surface area (Å²) in [6.45, 7) is 3.77. The van der Waals surface area contributed by atoms with Crippen molar-refractivity contribution in [3.05, 3.63) is 35.5 Å². The van der Waals surface area contributed by atoms with Crippen molar-refractivity contribution >= 4 is 5.82 Å². The summed E-state index contributed by atoms with van der Waals surface area (Å²) in [6, 6.07) is 5.80. The third kappa shape index (κ3) is 2.48. The van der Waals surface area contributed by atoms with E-state index in [0.29, 0.717) is 11.5 Å². The van der Waals surface area contributed by atoms with Crippen molar-refractivity contribution < 1.29 is 0 Å². The van der Waals surface area contributed by atoms with E-state index in [9.17, 15) is 0 Å². The summed E-state index contributed by atoms with van der Waals surface area (Å²) in [5.41, 5.74) is 0.590. The number of hydrogen-bond acceptors (Lipinski definition) is 5. The van der Waals surface area contributed by atoms with Gasteiger partial charge in [0.2, 0.25) is 0 Å². The van der Waals surface area contributed by atoms with Crippen LogP contribution in [-0.2, 0) is 0 Å². The van der Waals surface area contributed by atoms with Crippen molar-refractivity contribution in [2.45, 2.75) is 25.7 Å². The number of nitriles is 1. The molecule has 0 spiro atoms.